The van der Waals surface area contributed by atoms with Crippen LogP contribution in [0.2, 0.25) is 0 Å². The number of rotatable bonds is 6. The number of ether oxygens (including phenoxy) is 1. The van der Waals surface area contributed by atoms with Crippen LogP contribution in [0.1, 0.15) is 45.5 Å². The van der Waals surface area contributed by atoms with Gasteiger partial charge in [0.25, 0.3) is 0 Å². The molecule has 1 saturated heterocycles. The van der Waals surface area contributed by atoms with Gasteiger partial charge in [-0.3, -0.25) is 9.69 Å². The molecule has 1 atom stereocenters. The molecule has 23 heavy (non-hydrogen) atoms. The van der Waals surface area contributed by atoms with Gasteiger partial charge in [-0.2, -0.15) is 4.98 Å². The Bertz CT molecular complexity index is 543. The third kappa shape index (κ3) is 5.14. The Balaban J connectivity index is 1.82. The second-order valence-corrected chi connectivity index (χ2v) is 5.97. The predicted octanol–water partition coefficient (Wildman–Crippen LogP) is 1.78. The maximum Gasteiger partial charge on any atom is 0.246 e. The molecule has 0 unspecified atom stereocenters. The minimum absolute atomic E-state index is 0.0928. The molecule has 0 aliphatic carbocycles. The molecule has 2 heterocycles. The second kappa shape index (κ2) is 8.21. The minimum atomic E-state index is -0.156. The molecule has 1 aromatic rings. The average Bonchev–Trinajstić information content (AvgIpc) is 2.96. The first kappa shape index (κ1) is 17.6. The van der Waals surface area contributed by atoms with Crippen molar-refractivity contribution in [1.82, 2.24) is 19.9 Å². The van der Waals surface area contributed by atoms with Crippen molar-refractivity contribution in [2.24, 2.45) is 0 Å². The summed E-state index contributed by atoms with van der Waals surface area (Å²) in [5.41, 5.74) is 1.03. The lowest BCUT2D eigenvalue weighted by molar-refractivity contribution is -0.127. The van der Waals surface area contributed by atoms with Crippen molar-refractivity contribution in [1.29, 1.82) is 0 Å². The number of nitrogens with zero attached hydrogens (tertiary/aromatic N) is 4. The summed E-state index contributed by atoms with van der Waals surface area (Å²) in [6.45, 7) is 12.0. The molecule has 1 aliphatic rings. The molecule has 0 N–H and O–H groups in total. The number of piperazine rings is 1. The van der Waals surface area contributed by atoms with E-state index in [4.69, 9.17) is 9.26 Å². The van der Waals surface area contributed by atoms with Crippen molar-refractivity contribution in [3.63, 3.8) is 0 Å². The molecule has 1 aromatic heterocycles. The summed E-state index contributed by atoms with van der Waals surface area (Å²) in [4.78, 5) is 20.5. The summed E-state index contributed by atoms with van der Waals surface area (Å²) >= 11 is 0. The molecular weight excluding hydrogens is 296 g/mol. The fourth-order valence-corrected chi connectivity index (χ4v) is 2.48. The van der Waals surface area contributed by atoms with Gasteiger partial charge in [0.15, 0.2) is 5.82 Å². The summed E-state index contributed by atoms with van der Waals surface area (Å²) in [6.07, 6.45) is 1.53. The number of carbonyl (C=O) groups excluding carboxylic acids is 1. The van der Waals surface area contributed by atoms with E-state index in [1.54, 1.807) is 6.08 Å². The SMILES string of the molecule is CCO[C@@H](C)c1noc(CN2CCN(C(=O)C=C(C)C)CC2)n1. The normalized spacial score (nSPS) is 17.1. The van der Waals surface area contributed by atoms with Crippen LogP contribution in [-0.4, -0.2) is 58.6 Å². The van der Waals surface area contributed by atoms with E-state index in [-0.39, 0.29) is 12.0 Å². The van der Waals surface area contributed by atoms with E-state index in [1.165, 1.54) is 0 Å². The molecule has 0 bridgehead atoms. The number of amides is 1. The molecule has 1 amide bonds. The standard InChI is InChI=1S/C16H26N4O3/c1-5-22-13(4)16-17-14(23-18-16)11-19-6-8-20(9-7-19)15(21)10-12(2)3/h10,13H,5-9,11H2,1-4H3/t13-/m0/s1. The third-order valence-electron chi connectivity index (χ3n) is 3.72. The number of hydrogen-bond donors (Lipinski definition) is 0. The van der Waals surface area contributed by atoms with Crippen molar-refractivity contribution < 1.29 is 14.1 Å². The highest BCUT2D eigenvalue weighted by molar-refractivity contribution is 5.88. The Morgan fingerprint density at radius 1 is 1.35 bits per heavy atom. The Morgan fingerprint density at radius 3 is 2.65 bits per heavy atom. The zero-order valence-electron chi connectivity index (χ0n) is 14.4. The van der Waals surface area contributed by atoms with Gasteiger partial charge in [0.1, 0.15) is 6.10 Å². The fourth-order valence-electron chi connectivity index (χ4n) is 2.48. The van der Waals surface area contributed by atoms with Crippen molar-refractivity contribution in [2.75, 3.05) is 32.8 Å². The number of carbonyl (C=O) groups is 1. The zero-order chi connectivity index (χ0) is 16.8. The average molecular weight is 322 g/mol. The van der Waals surface area contributed by atoms with Gasteiger partial charge in [-0.15, -0.1) is 0 Å². The van der Waals surface area contributed by atoms with Crippen LogP contribution in [0.4, 0.5) is 0 Å². The molecular formula is C16H26N4O3. The van der Waals surface area contributed by atoms with Gasteiger partial charge in [0, 0.05) is 38.9 Å². The summed E-state index contributed by atoms with van der Waals surface area (Å²) in [5.74, 6) is 1.27. The van der Waals surface area contributed by atoms with Crippen LogP contribution in [0, 0.1) is 0 Å². The minimum Gasteiger partial charge on any atom is -0.371 e. The van der Waals surface area contributed by atoms with Gasteiger partial charge < -0.3 is 14.2 Å². The summed E-state index contributed by atoms with van der Waals surface area (Å²) in [6, 6.07) is 0. The first-order valence-corrected chi connectivity index (χ1v) is 8.09. The molecule has 7 nitrogen and oxygen atoms in total. The van der Waals surface area contributed by atoms with Crippen LogP contribution >= 0.6 is 0 Å². The maximum absolute atomic E-state index is 12.0. The van der Waals surface area contributed by atoms with E-state index in [9.17, 15) is 4.79 Å². The lowest BCUT2D eigenvalue weighted by Gasteiger charge is -2.33. The molecule has 0 saturated carbocycles. The quantitative estimate of drug-likeness (QED) is 0.744. The van der Waals surface area contributed by atoms with Crippen LogP contribution in [-0.2, 0) is 16.1 Å². The fraction of sp³-hybridized carbons (Fsp3) is 0.688. The Morgan fingerprint density at radius 2 is 2.04 bits per heavy atom. The highest BCUT2D eigenvalue weighted by Crippen LogP contribution is 2.14. The highest BCUT2D eigenvalue weighted by atomic mass is 16.5. The van der Waals surface area contributed by atoms with Crippen molar-refractivity contribution in [3.05, 3.63) is 23.4 Å². The van der Waals surface area contributed by atoms with Gasteiger partial charge >= 0.3 is 0 Å². The van der Waals surface area contributed by atoms with E-state index in [0.29, 0.717) is 24.9 Å². The van der Waals surface area contributed by atoms with Crippen LogP contribution in [0.25, 0.3) is 0 Å². The van der Waals surface area contributed by atoms with E-state index in [1.807, 2.05) is 32.6 Å². The lowest BCUT2D eigenvalue weighted by atomic mass is 10.2. The third-order valence-corrected chi connectivity index (χ3v) is 3.72. The van der Waals surface area contributed by atoms with Gasteiger partial charge in [-0.05, 0) is 27.7 Å². The van der Waals surface area contributed by atoms with Crippen LogP contribution in [0.5, 0.6) is 0 Å². The number of allylic oxidation sites excluding steroid dienone is 1. The molecule has 1 fully saturated rings. The first-order chi connectivity index (χ1) is 11.0. The number of aromatic nitrogens is 2. The molecule has 2 rings (SSSR count). The molecule has 7 heteroatoms. The van der Waals surface area contributed by atoms with Gasteiger partial charge in [0.05, 0.1) is 6.54 Å². The largest absolute Gasteiger partial charge is 0.371 e. The van der Waals surface area contributed by atoms with Gasteiger partial charge in [0.2, 0.25) is 11.8 Å². The highest BCUT2D eigenvalue weighted by Gasteiger charge is 2.22. The summed E-state index contributed by atoms with van der Waals surface area (Å²) < 4.78 is 10.7. The Hall–Kier alpha value is -1.73. The molecule has 0 radical (unpaired) electrons. The van der Waals surface area contributed by atoms with E-state index < -0.39 is 0 Å². The summed E-state index contributed by atoms with van der Waals surface area (Å²) in [5, 5.41) is 3.97. The molecule has 0 aromatic carbocycles. The maximum atomic E-state index is 12.0. The van der Waals surface area contributed by atoms with E-state index in [0.717, 1.165) is 31.8 Å². The molecule has 128 valence electrons. The van der Waals surface area contributed by atoms with Gasteiger partial charge in [-0.1, -0.05) is 10.7 Å². The van der Waals surface area contributed by atoms with Crippen molar-refractivity contribution >= 4 is 5.91 Å². The summed E-state index contributed by atoms with van der Waals surface area (Å²) in [7, 11) is 0. The van der Waals surface area contributed by atoms with Crippen LogP contribution in [0.3, 0.4) is 0 Å². The molecule has 0 spiro atoms. The monoisotopic (exact) mass is 322 g/mol. The van der Waals surface area contributed by atoms with Crippen molar-refractivity contribution in [3.8, 4) is 0 Å². The van der Waals surface area contributed by atoms with Crippen LogP contribution in [0.15, 0.2) is 16.2 Å². The zero-order valence-corrected chi connectivity index (χ0v) is 14.4. The Kier molecular flexibility index (Phi) is 6.29. The topological polar surface area (TPSA) is 71.7 Å². The van der Waals surface area contributed by atoms with E-state index in [2.05, 4.69) is 15.0 Å². The lowest BCUT2D eigenvalue weighted by Crippen LogP contribution is -2.47. The van der Waals surface area contributed by atoms with Gasteiger partial charge in [-0.25, -0.2) is 0 Å². The number of hydrogen-bond acceptors (Lipinski definition) is 6. The Labute approximate surface area is 137 Å². The first-order valence-electron chi connectivity index (χ1n) is 8.09. The second-order valence-electron chi connectivity index (χ2n) is 5.97. The smallest absolute Gasteiger partial charge is 0.246 e. The molecule has 1 aliphatic heterocycles. The predicted molar refractivity (Wildman–Crippen MR) is 85.6 cm³/mol. The van der Waals surface area contributed by atoms with Crippen molar-refractivity contribution in [2.45, 2.75) is 40.3 Å². The van der Waals surface area contributed by atoms with E-state index >= 15 is 0 Å². The van der Waals surface area contributed by atoms with Crippen LogP contribution < -0.4 is 0 Å².